The van der Waals surface area contributed by atoms with Crippen LogP contribution in [0.2, 0.25) is 0 Å². The third-order valence-corrected chi connectivity index (χ3v) is 4.74. The number of nitrogens with one attached hydrogen (secondary N) is 2. The lowest BCUT2D eigenvalue weighted by Gasteiger charge is -2.12. The van der Waals surface area contributed by atoms with Crippen LogP contribution < -0.4 is 10.6 Å². The number of hydrogen-bond acceptors (Lipinski definition) is 7. The molecule has 0 aliphatic heterocycles. The lowest BCUT2D eigenvalue weighted by molar-refractivity contribution is 0.102. The molecule has 33 heavy (non-hydrogen) atoms. The zero-order chi connectivity index (χ0) is 23.2. The fourth-order valence-corrected chi connectivity index (χ4v) is 3.07. The Labute approximate surface area is 188 Å². The summed E-state index contributed by atoms with van der Waals surface area (Å²) in [6.07, 6.45) is 5.07. The van der Waals surface area contributed by atoms with E-state index >= 15 is 0 Å². The molecule has 162 valence electrons. The van der Waals surface area contributed by atoms with Crippen LogP contribution in [0.3, 0.4) is 0 Å². The average molecular weight is 438 g/mol. The smallest absolute Gasteiger partial charge is 0.259 e. The van der Waals surface area contributed by atoms with E-state index in [4.69, 9.17) is 5.53 Å². The van der Waals surface area contributed by atoms with Crippen LogP contribution in [0.5, 0.6) is 5.75 Å². The van der Waals surface area contributed by atoms with E-state index in [9.17, 15) is 9.90 Å². The number of carbonyl (C=O) groups excluding carboxylic acids is 1. The molecule has 0 radical (unpaired) electrons. The normalized spacial score (nSPS) is 10.2. The Hall–Kier alpha value is -4.95. The highest BCUT2D eigenvalue weighted by atomic mass is 16.3. The van der Waals surface area contributed by atoms with Crippen LogP contribution in [0.25, 0.3) is 21.7 Å². The lowest BCUT2D eigenvalue weighted by atomic mass is 10.1. The summed E-state index contributed by atoms with van der Waals surface area (Å²) in [6, 6.07) is 14.9. The van der Waals surface area contributed by atoms with Crippen molar-refractivity contribution in [3.63, 3.8) is 0 Å². The Balaban J connectivity index is 1.54. The molecule has 0 unspecified atom stereocenters. The van der Waals surface area contributed by atoms with Gasteiger partial charge < -0.3 is 15.7 Å². The number of aryl methyl sites for hydroxylation is 1. The number of amides is 1. The van der Waals surface area contributed by atoms with Crippen LogP contribution in [0.15, 0.2) is 78.3 Å². The van der Waals surface area contributed by atoms with Gasteiger partial charge in [-0.25, -0.2) is 9.97 Å². The number of nitrogens with zero attached hydrogens (tertiary/aromatic N) is 6. The summed E-state index contributed by atoms with van der Waals surface area (Å²) in [7, 11) is 0. The Bertz CT molecular complexity index is 1370. The Morgan fingerprint density at radius 3 is 2.76 bits per heavy atom. The van der Waals surface area contributed by atoms with Crippen molar-refractivity contribution in [3.05, 3.63) is 94.8 Å². The van der Waals surface area contributed by atoms with Gasteiger partial charge in [0, 0.05) is 46.1 Å². The van der Waals surface area contributed by atoms with Crippen molar-refractivity contribution in [1.82, 2.24) is 15.0 Å². The zero-order valence-electron chi connectivity index (χ0n) is 17.5. The minimum atomic E-state index is -0.510. The van der Waals surface area contributed by atoms with Gasteiger partial charge in [-0.15, -0.1) is 0 Å². The van der Waals surface area contributed by atoms with E-state index in [2.05, 4.69) is 35.6 Å². The fourth-order valence-electron chi connectivity index (χ4n) is 3.07. The molecule has 10 nitrogen and oxygen atoms in total. The summed E-state index contributed by atoms with van der Waals surface area (Å²) in [5, 5.41) is 19.4. The summed E-state index contributed by atoms with van der Waals surface area (Å²) < 4.78 is 0. The van der Waals surface area contributed by atoms with Gasteiger partial charge in [0.25, 0.3) is 5.91 Å². The molecule has 4 aromatic rings. The molecule has 1 amide bonds. The highest BCUT2D eigenvalue weighted by molar-refractivity contribution is 6.06. The van der Waals surface area contributed by atoms with Gasteiger partial charge in [0.15, 0.2) is 0 Å². The van der Waals surface area contributed by atoms with Crippen molar-refractivity contribution in [2.24, 2.45) is 5.11 Å². The van der Waals surface area contributed by atoms with Crippen LogP contribution in [0.4, 0.5) is 23.0 Å². The second-order valence-electron chi connectivity index (χ2n) is 7.01. The van der Waals surface area contributed by atoms with Crippen LogP contribution in [0, 0.1) is 6.92 Å². The number of aromatic nitrogens is 3. The minimum Gasteiger partial charge on any atom is -0.507 e. The highest BCUT2D eigenvalue weighted by Crippen LogP contribution is 2.27. The quantitative estimate of drug-likeness (QED) is 0.206. The van der Waals surface area contributed by atoms with Crippen molar-refractivity contribution < 1.29 is 9.90 Å². The first-order valence-electron chi connectivity index (χ1n) is 9.84. The third kappa shape index (κ3) is 5.04. The van der Waals surface area contributed by atoms with E-state index in [1.807, 2.05) is 25.1 Å². The standard InChI is InChI=1S/C23H18N8O2/c1-14-4-5-16(27-22(33)18-7-6-17(30-31-24)12-21(18)32)11-20(14)29-23-26-10-8-19(28-23)15-3-2-9-25-13-15/h2-13,32H,1H3,(H,27,33)(H,26,28,29). The maximum absolute atomic E-state index is 12.6. The lowest BCUT2D eigenvalue weighted by Crippen LogP contribution is -2.12. The van der Waals surface area contributed by atoms with E-state index in [0.717, 1.165) is 16.8 Å². The van der Waals surface area contributed by atoms with Crippen LogP contribution >= 0.6 is 0 Å². The number of carbonyl (C=O) groups is 1. The maximum Gasteiger partial charge on any atom is 0.259 e. The van der Waals surface area contributed by atoms with Gasteiger partial charge >= 0.3 is 0 Å². The Morgan fingerprint density at radius 1 is 1.12 bits per heavy atom. The van der Waals surface area contributed by atoms with Crippen molar-refractivity contribution in [1.29, 1.82) is 0 Å². The van der Waals surface area contributed by atoms with Gasteiger partial charge in [0.2, 0.25) is 5.95 Å². The number of rotatable bonds is 6. The van der Waals surface area contributed by atoms with Gasteiger partial charge in [-0.1, -0.05) is 17.2 Å². The first-order valence-corrected chi connectivity index (χ1v) is 9.84. The van der Waals surface area contributed by atoms with E-state index in [0.29, 0.717) is 17.3 Å². The molecule has 0 bridgehead atoms. The second kappa shape index (κ2) is 9.46. The Morgan fingerprint density at radius 2 is 2.00 bits per heavy atom. The average Bonchev–Trinajstić information content (AvgIpc) is 2.82. The van der Waals surface area contributed by atoms with Gasteiger partial charge in [-0.05, 0) is 60.5 Å². The molecule has 0 fully saturated rings. The van der Waals surface area contributed by atoms with E-state index < -0.39 is 5.91 Å². The molecule has 0 saturated heterocycles. The van der Waals surface area contributed by atoms with Gasteiger partial charge in [-0.2, -0.15) is 0 Å². The van der Waals surface area contributed by atoms with Crippen LogP contribution in [-0.4, -0.2) is 26.0 Å². The van der Waals surface area contributed by atoms with Crippen molar-refractivity contribution in [3.8, 4) is 17.0 Å². The van der Waals surface area contributed by atoms with Gasteiger partial charge in [0.1, 0.15) is 5.75 Å². The summed E-state index contributed by atoms with van der Waals surface area (Å²) in [5.41, 5.74) is 12.5. The van der Waals surface area contributed by atoms with Crippen LogP contribution in [0.1, 0.15) is 15.9 Å². The minimum absolute atomic E-state index is 0.0504. The molecule has 2 aromatic carbocycles. The molecule has 0 aliphatic rings. The summed E-state index contributed by atoms with van der Waals surface area (Å²) >= 11 is 0. The second-order valence-corrected chi connectivity index (χ2v) is 7.01. The number of azide groups is 1. The topological polar surface area (TPSA) is 149 Å². The van der Waals surface area contributed by atoms with E-state index in [-0.39, 0.29) is 17.0 Å². The molecule has 0 atom stereocenters. The zero-order valence-corrected chi connectivity index (χ0v) is 17.5. The first-order chi connectivity index (χ1) is 16.0. The third-order valence-electron chi connectivity index (χ3n) is 4.74. The molecule has 4 rings (SSSR count). The molecule has 0 aliphatic carbocycles. The number of hydrogen-bond donors (Lipinski definition) is 3. The number of anilines is 3. The SMILES string of the molecule is Cc1ccc(NC(=O)c2ccc(N=[N+]=[N-])cc2O)cc1Nc1nccc(-c2cccnc2)n1. The fraction of sp³-hybridized carbons (Fsp3) is 0.0435. The van der Waals surface area contributed by atoms with Gasteiger partial charge in [0.05, 0.1) is 11.3 Å². The van der Waals surface area contributed by atoms with Crippen LogP contribution in [-0.2, 0) is 0 Å². The van der Waals surface area contributed by atoms with Crippen molar-refractivity contribution >= 4 is 28.9 Å². The van der Waals surface area contributed by atoms with Crippen molar-refractivity contribution in [2.45, 2.75) is 6.92 Å². The van der Waals surface area contributed by atoms with Gasteiger partial charge in [-0.3, -0.25) is 9.78 Å². The molecule has 0 spiro atoms. The maximum atomic E-state index is 12.6. The Kier molecular flexibility index (Phi) is 6.10. The number of aromatic hydroxyl groups is 1. The molecule has 2 aromatic heterocycles. The largest absolute Gasteiger partial charge is 0.507 e. The molecule has 10 heteroatoms. The first kappa shape index (κ1) is 21.3. The molecule has 2 heterocycles. The molecule has 0 saturated carbocycles. The highest BCUT2D eigenvalue weighted by Gasteiger charge is 2.13. The predicted octanol–water partition coefficient (Wildman–Crippen LogP) is 5.49. The monoisotopic (exact) mass is 438 g/mol. The number of benzene rings is 2. The summed E-state index contributed by atoms with van der Waals surface area (Å²) in [5.74, 6) is -0.401. The number of phenols is 1. The van der Waals surface area contributed by atoms with E-state index in [1.165, 1.54) is 18.2 Å². The van der Waals surface area contributed by atoms with E-state index in [1.54, 1.807) is 36.8 Å². The molecular weight excluding hydrogens is 420 g/mol. The molecule has 3 N–H and O–H groups in total. The molecular formula is C23H18N8O2. The summed E-state index contributed by atoms with van der Waals surface area (Å²) in [6.45, 7) is 1.92. The van der Waals surface area contributed by atoms with Crippen molar-refractivity contribution in [2.75, 3.05) is 10.6 Å². The summed E-state index contributed by atoms with van der Waals surface area (Å²) in [4.78, 5) is 28.2. The number of phenolic OH excluding ortho intramolecular Hbond substituents is 1. The predicted molar refractivity (Wildman–Crippen MR) is 125 cm³/mol. The number of pyridine rings is 1.